The Morgan fingerprint density at radius 3 is 2.21 bits per heavy atom. The Kier molecular flexibility index (Phi) is 4.90. The zero-order chi connectivity index (χ0) is 10.6. The maximum Gasteiger partial charge on any atom is 0.0827 e. The first kappa shape index (κ1) is 12.0. The predicted octanol–water partition coefficient (Wildman–Crippen LogP) is 2.33. The lowest BCUT2D eigenvalue weighted by Crippen LogP contribution is -2.35. The number of rotatable bonds is 4. The minimum absolute atomic E-state index is 0.341. The Morgan fingerprint density at radius 2 is 1.71 bits per heavy atom. The number of hydrogen-bond donors (Lipinski definition) is 2. The molecule has 2 heteroatoms. The number of aliphatic hydroxyl groups is 2. The van der Waals surface area contributed by atoms with Crippen molar-refractivity contribution in [2.45, 2.75) is 64.6 Å². The van der Waals surface area contributed by atoms with Crippen LogP contribution >= 0.6 is 0 Å². The van der Waals surface area contributed by atoms with Crippen molar-refractivity contribution in [3.63, 3.8) is 0 Å². The summed E-state index contributed by atoms with van der Waals surface area (Å²) in [6.45, 7) is 4.31. The van der Waals surface area contributed by atoms with Crippen molar-refractivity contribution in [3.05, 3.63) is 0 Å². The van der Waals surface area contributed by atoms with Crippen LogP contribution in [0.25, 0.3) is 0 Å². The lowest BCUT2D eigenvalue weighted by molar-refractivity contribution is -0.0338. The van der Waals surface area contributed by atoms with Crippen LogP contribution in [0.2, 0.25) is 0 Å². The highest BCUT2D eigenvalue weighted by molar-refractivity contribution is 4.80. The molecule has 0 amide bonds. The number of aliphatic hydroxyl groups excluding tert-OH is 2. The molecule has 2 N–H and O–H groups in total. The van der Waals surface area contributed by atoms with Crippen molar-refractivity contribution in [1.29, 1.82) is 0 Å². The van der Waals surface area contributed by atoms with Gasteiger partial charge in [-0.2, -0.15) is 0 Å². The molecule has 1 saturated carbocycles. The van der Waals surface area contributed by atoms with Crippen LogP contribution in [0.15, 0.2) is 0 Å². The summed E-state index contributed by atoms with van der Waals surface area (Å²) in [5.41, 5.74) is 0. The minimum Gasteiger partial charge on any atom is -0.390 e. The molecule has 0 radical (unpaired) electrons. The largest absolute Gasteiger partial charge is 0.390 e. The third-order valence-electron chi connectivity index (χ3n) is 3.52. The standard InChI is InChI=1S/C12H24O2/c1-3-4-11(13)12(14)10-7-5-9(2)6-8-10/h9-14H,3-8H2,1-2H3. The molecule has 0 saturated heterocycles. The fourth-order valence-corrected chi connectivity index (χ4v) is 2.41. The second-order valence-corrected chi connectivity index (χ2v) is 4.87. The zero-order valence-electron chi connectivity index (χ0n) is 9.45. The fraction of sp³-hybridized carbons (Fsp3) is 1.00. The quantitative estimate of drug-likeness (QED) is 0.731. The molecule has 1 aliphatic carbocycles. The van der Waals surface area contributed by atoms with Gasteiger partial charge in [-0.15, -0.1) is 0 Å². The van der Waals surface area contributed by atoms with E-state index in [1.54, 1.807) is 0 Å². The molecule has 0 aromatic carbocycles. The first-order valence-corrected chi connectivity index (χ1v) is 6.01. The van der Waals surface area contributed by atoms with Crippen LogP contribution in [-0.2, 0) is 0 Å². The molecule has 1 aliphatic rings. The van der Waals surface area contributed by atoms with E-state index in [0.717, 1.165) is 31.6 Å². The summed E-state index contributed by atoms with van der Waals surface area (Å²) >= 11 is 0. The van der Waals surface area contributed by atoms with Crippen LogP contribution in [0.4, 0.5) is 0 Å². The Hall–Kier alpha value is -0.0800. The van der Waals surface area contributed by atoms with E-state index in [1.165, 1.54) is 12.8 Å². The molecule has 2 atom stereocenters. The molecule has 0 bridgehead atoms. The summed E-state index contributed by atoms with van der Waals surface area (Å²) in [7, 11) is 0. The van der Waals surface area contributed by atoms with E-state index in [1.807, 2.05) is 6.92 Å². The third-order valence-corrected chi connectivity index (χ3v) is 3.52. The van der Waals surface area contributed by atoms with Crippen LogP contribution < -0.4 is 0 Å². The van der Waals surface area contributed by atoms with Gasteiger partial charge in [-0.3, -0.25) is 0 Å². The zero-order valence-corrected chi connectivity index (χ0v) is 9.45. The molecule has 1 rings (SSSR count). The normalized spacial score (nSPS) is 32.6. The van der Waals surface area contributed by atoms with Gasteiger partial charge in [-0.25, -0.2) is 0 Å². The second kappa shape index (κ2) is 5.72. The third kappa shape index (κ3) is 3.25. The van der Waals surface area contributed by atoms with Gasteiger partial charge in [0.05, 0.1) is 12.2 Å². The molecule has 84 valence electrons. The van der Waals surface area contributed by atoms with E-state index in [9.17, 15) is 10.2 Å². The maximum absolute atomic E-state index is 9.91. The lowest BCUT2D eigenvalue weighted by atomic mass is 9.78. The second-order valence-electron chi connectivity index (χ2n) is 4.87. The molecule has 0 aromatic rings. The molecular weight excluding hydrogens is 176 g/mol. The fourth-order valence-electron chi connectivity index (χ4n) is 2.41. The van der Waals surface area contributed by atoms with Gasteiger partial charge < -0.3 is 10.2 Å². The van der Waals surface area contributed by atoms with Gasteiger partial charge >= 0.3 is 0 Å². The molecule has 0 heterocycles. The average molecular weight is 200 g/mol. The molecule has 1 fully saturated rings. The van der Waals surface area contributed by atoms with E-state index in [0.29, 0.717) is 5.92 Å². The first-order valence-electron chi connectivity index (χ1n) is 6.01. The highest BCUT2D eigenvalue weighted by Crippen LogP contribution is 2.31. The van der Waals surface area contributed by atoms with Gasteiger partial charge in [0.2, 0.25) is 0 Å². The highest BCUT2D eigenvalue weighted by Gasteiger charge is 2.28. The van der Waals surface area contributed by atoms with E-state index < -0.39 is 12.2 Å². The molecule has 0 aliphatic heterocycles. The van der Waals surface area contributed by atoms with E-state index >= 15 is 0 Å². The number of hydrogen-bond acceptors (Lipinski definition) is 2. The summed E-state index contributed by atoms with van der Waals surface area (Å²) in [5, 5.41) is 19.6. The predicted molar refractivity (Wildman–Crippen MR) is 58.0 cm³/mol. The average Bonchev–Trinajstić information content (AvgIpc) is 2.18. The highest BCUT2D eigenvalue weighted by atomic mass is 16.3. The van der Waals surface area contributed by atoms with Crippen LogP contribution in [0.3, 0.4) is 0 Å². The van der Waals surface area contributed by atoms with Gasteiger partial charge in [-0.1, -0.05) is 33.1 Å². The molecule has 0 aromatic heterocycles. The summed E-state index contributed by atoms with van der Waals surface area (Å²) < 4.78 is 0. The minimum atomic E-state index is -0.501. The van der Waals surface area contributed by atoms with Gasteiger partial charge in [0.15, 0.2) is 0 Å². The van der Waals surface area contributed by atoms with Crippen molar-refractivity contribution < 1.29 is 10.2 Å². The van der Waals surface area contributed by atoms with Gasteiger partial charge in [-0.05, 0) is 31.1 Å². The Bertz CT molecular complexity index is 150. The molecule has 2 nitrogen and oxygen atoms in total. The van der Waals surface area contributed by atoms with Crippen molar-refractivity contribution in [3.8, 4) is 0 Å². The summed E-state index contributed by atoms with van der Waals surface area (Å²) in [5.74, 6) is 1.15. The van der Waals surface area contributed by atoms with E-state index in [-0.39, 0.29) is 0 Å². The van der Waals surface area contributed by atoms with E-state index in [4.69, 9.17) is 0 Å². The summed E-state index contributed by atoms with van der Waals surface area (Å²) in [6, 6.07) is 0. The smallest absolute Gasteiger partial charge is 0.0827 e. The Labute approximate surface area is 87.3 Å². The van der Waals surface area contributed by atoms with Crippen LogP contribution in [0.5, 0.6) is 0 Å². The summed E-state index contributed by atoms with van der Waals surface area (Å²) in [4.78, 5) is 0. The first-order chi connectivity index (χ1) is 6.65. The van der Waals surface area contributed by atoms with Gasteiger partial charge in [0.1, 0.15) is 0 Å². The Morgan fingerprint density at radius 1 is 1.14 bits per heavy atom. The van der Waals surface area contributed by atoms with Crippen molar-refractivity contribution in [1.82, 2.24) is 0 Å². The Balaban J connectivity index is 2.33. The maximum atomic E-state index is 9.91. The lowest BCUT2D eigenvalue weighted by Gasteiger charge is -2.32. The monoisotopic (exact) mass is 200 g/mol. The van der Waals surface area contributed by atoms with Crippen molar-refractivity contribution in [2.24, 2.45) is 11.8 Å². The molecule has 0 spiro atoms. The van der Waals surface area contributed by atoms with E-state index in [2.05, 4.69) is 6.92 Å². The molecule has 14 heavy (non-hydrogen) atoms. The SMILES string of the molecule is CCCC(O)C(O)C1CCC(C)CC1. The molecule has 2 unspecified atom stereocenters. The topological polar surface area (TPSA) is 40.5 Å². The van der Waals surface area contributed by atoms with Crippen molar-refractivity contribution >= 4 is 0 Å². The van der Waals surface area contributed by atoms with Gasteiger partial charge in [0.25, 0.3) is 0 Å². The van der Waals surface area contributed by atoms with Gasteiger partial charge in [0, 0.05) is 0 Å². The van der Waals surface area contributed by atoms with Crippen LogP contribution in [0.1, 0.15) is 52.4 Å². The summed E-state index contributed by atoms with van der Waals surface area (Å²) in [6.07, 6.45) is 5.28. The van der Waals surface area contributed by atoms with Crippen LogP contribution in [0, 0.1) is 11.8 Å². The van der Waals surface area contributed by atoms with Crippen molar-refractivity contribution in [2.75, 3.05) is 0 Å². The van der Waals surface area contributed by atoms with Crippen LogP contribution in [-0.4, -0.2) is 22.4 Å². The molecular formula is C12H24O2.